The van der Waals surface area contributed by atoms with Gasteiger partial charge in [0.25, 0.3) is 5.91 Å². The summed E-state index contributed by atoms with van der Waals surface area (Å²) in [7, 11) is 0. The fourth-order valence-electron chi connectivity index (χ4n) is 3.60. The van der Waals surface area contributed by atoms with E-state index in [1.807, 2.05) is 31.2 Å². The van der Waals surface area contributed by atoms with Gasteiger partial charge in [-0.25, -0.2) is 9.97 Å². The summed E-state index contributed by atoms with van der Waals surface area (Å²) in [4.78, 5) is 25.3. The quantitative estimate of drug-likeness (QED) is 0.461. The first-order chi connectivity index (χ1) is 14.5. The van der Waals surface area contributed by atoms with Gasteiger partial charge in [-0.05, 0) is 56.5 Å². The maximum absolute atomic E-state index is 12.6. The van der Waals surface area contributed by atoms with Gasteiger partial charge in [-0.2, -0.15) is 0 Å². The van der Waals surface area contributed by atoms with Gasteiger partial charge in [-0.3, -0.25) is 15.0 Å². The summed E-state index contributed by atoms with van der Waals surface area (Å²) in [6.45, 7) is 7.46. The zero-order valence-corrected chi connectivity index (χ0v) is 19.7. The van der Waals surface area contributed by atoms with E-state index in [-0.39, 0.29) is 5.91 Å². The molecule has 0 saturated carbocycles. The standard InChI is InChI=1S/C22H26N4OS3/c1-15-4-3-9-26(10-15)11-18-12-30-22(24-18)25-21(27)17-5-7-20(8-6-17)29-14-19-13-28-16(2)23-19/h5-8,12-13,15H,3-4,9-11,14H2,1-2H3,(H,24,25,27)/t15-/m1/s1. The molecule has 3 aromatic rings. The molecule has 8 heteroatoms. The number of amides is 1. The lowest BCUT2D eigenvalue weighted by Crippen LogP contribution is -2.33. The van der Waals surface area contributed by atoms with Gasteiger partial charge in [-0.15, -0.1) is 34.4 Å². The number of rotatable bonds is 7. The number of thiazole rings is 2. The van der Waals surface area contributed by atoms with Gasteiger partial charge in [0, 0.05) is 40.1 Å². The van der Waals surface area contributed by atoms with Crippen molar-refractivity contribution in [1.82, 2.24) is 14.9 Å². The van der Waals surface area contributed by atoms with Crippen molar-refractivity contribution in [3.05, 3.63) is 57.0 Å². The fourth-order valence-corrected chi connectivity index (χ4v) is 5.81. The van der Waals surface area contributed by atoms with E-state index in [0.717, 1.165) is 52.6 Å². The van der Waals surface area contributed by atoms with E-state index in [9.17, 15) is 4.79 Å². The van der Waals surface area contributed by atoms with Crippen LogP contribution < -0.4 is 5.32 Å². The first kappa shape index (κ1) is 21.5. The normalized spacial score (nSPS) is 17.2. The minimum Gasteiger partial charge on any atom is -0.298 e. The minimum absolute atomic E-state index is 0.117. The minimum atomic E-state index is -0.117. The van der Waals surface area contributed by atoms with Gasteiger partial charge in [0.1, 0.15) is 0 Å². The summed E-state index contributed by atoms with van der Waals surface area (Å²) >= 11 is 4.89. The molecule has 5 nitrogen and oxygen atoms in total. The van der Waals surface area contributed by atoms with Crippen molar-refractivity contribution in [3.63, 3.8) is 0 Å². The van der Waals surface area contributed by atoms with E-state index in [1.54, 1.807) is 23.1 Å². The Labute approximate surface area is 190 Å². The van der Waals surface area contributed by atoms with Crippen LogP contribution in [0.1, 0.15) is 46.5 Å². The maximum atomic E-state index is 12.6. The highest BCUT2D eigenvalue weighted by molar-refractivity contribution is 7.98. The third kappa shape index (κ3) is 5.91. The summed E-state index contributed by atoms with van der Waals surface area (Å²) in [5.74, 6) is 1.48. The first-order valence-electron chi connectivity index (χ1n) is 10.2. The van der Waals surface area contributed by atoms with Crippen molar-refractivity contribution in [2.24, 2.45) is 5.92 Å². The molecular formula is C22H26N4OS3. The van der Waals surface area contributed by atoms with Crippen LogP contribution in [0.5, 0.6) is 0 Å². The number of carbonyl (C=O) groups excluding carboxylic acids is 1. The molecule has 0 unspecified atom stereocenters. The number of benzene rings is 1. The molecule has 1 aliphatic heterocycles. The molecule has 1 N–H and O–H groups in total. The van der Waals surface area contributed by atoms with E-state index >= 15 is 0 Å². The number of hydrogen-bond acceptors (Lipinski definition) is 7. The van der Waals surface area contributed by atoms with Crippen molar-refractivity contribution in [2.75, 3.05) is 18.4 Å². The summed E-state index contributed by atoms with van der Waals surface area (Å²) in [5, 5.41) is 8.84. The molecule has 1 aliphatic rings. The number of piperidine rings is 1. The Morgan fingerprint density at radius 3 is 2.73 bits per heavy atom. The van der Waals surface area contributed by atoms with Crippen LogP contribution in [0.4, 0.5) is 5.13 Å². The van der Waals surface area contributed by atoms with Gasteiger partial charge in [0.15, 0.2) is 5.13 Å². The number of likely N-dealkylation sites (tertiary alicyclic amines) is 1. The third-order valence-electron chi connectivity index (χ3n) is 5.07. The van der Waals surface area contributed by atoms with Crippen molar-refractivity contribution >= 4 is 45.5 Å². The molecular weight excluding hydrogens is 432 g/mol. The van der Waals surface area contributed by atoms with Crippen LogP contribution in [0.3, 0.4) is 0 Å². The predicted molar refractivity (Wildman–Crippen MR) is 127 cm³/mol. The monoisotopic (exact) mass is 458 g/mol. The Kier molecular flexibility index (Phi) is 7.20. The van der Waals surface area contributed by atoms with Crippen LogP contribution in [0.2, 0.25) is 0 Å². The van der Waals surface area contributed by atoms with Gasteiger partial charge in [0.05, 0.1) is 16.4 Å². The molecule has 0 bridgehead atoms. The molecule has 1 fully saturated rings. The van der Waals surface area contributed by atoms with Gasteiger partial charge in [0.2, 0.25) is 0 Å². The Morgan fingerprint density at radius 2 is 2.00 bits per heavy atom. The number of aromatic nitrogens is 2. The number of carbonyl (C=O) groups is 1. The van der Waals surface area contributed by atoms with E-state index < -0.39 is 0 Å². The van der Waals surface area contributed by atoms with E-state index in [1.165, 1.54) is 24.2 Å². The summed E-state index contributed by atoms with van der Waals surface area (Å²) in [6.07, 6.45) is 2.57. The summed E-state index contributed by atoms with van der Waals surface area (Å²) in [5.41, 5.74) is 2.78. The van der Waals surface area contributed by atoms with Crippen molar-refractivity contribution < 1.29 is 4.79 Å². The van der Waals surface area contributed by atoms with Gasteiger partial charge >= 0.3 is 0 Å². The highest BCUT2D eigenvalue weighted by Crippen LogP contribution is 2.25. The number of aryl methyl sites for hydroxylation is 1. The van der Waals surface area contributed by atoms with Crippen LogP contribution in [0, 0.1) is 12.8 Å². The lowest BCUT2D eigenvalue weighted by Gasteiger charge is -2.30. The molecule has 0 spiro atoms. The zero-order chi connectivity index (χ0) is 20.9. The molecule has 30 heavy (non-hydrogen) atoms. The molecule has 1 atom stereocenters. The van der Waals surface area contributed by atoms with Gasteiger partial charge < -0.3 is 0 Å². The molecule has 1 amide bonds. The predicted octanol–water partition coefficient (Wildman–Crippen LogP) is 5.68. The molecule has 158 valence electrons. The third-order valence-corrected chi connectivity index (χ3v) is 7.74. The SMILES string of the molecule is Cc1nc(CSc2ccc(C(=O)Nc3nc(CN4CCC[C@@H](C)C4)cs3)cc2)cs1. The van der Waals surface area contributed by atoms with Crippen LogP contribution in [-0.2, 0) is 12.3 Å². The second kappa shape index (κ2) is 10.0. The van der Waals surface area contributed by atoms with Crippen molar-refractivity contribution in [2.45, 2.75) is 43.9 Å². The van der Waals surface area contributed by atoms with Crippen LogP contribution in [-0.4, -0.2) is 33.9 Å². The highest BCUT2D eigenvalue weighted by atomic mass is 32.2. The topological polar surface area (TPSA) is 58.1 Å². The van der Waals surface area contributed by atoms with Crippen LogP contribution in [0.15, 0.2) is 39.9 Å². The maximum Gasteiger partial charge on any atom is 0.257 e. The van der Waals surface area contributed by atoms with Crippen molar-refractivity contribution in [1.29, 1.82) is 0 Å². The number of nitrogens with zero attached hydrogens (tertiary/aromatic N) is 3. The first-order valence-corrected chi connectivity index (χ1v) is 12.9. The fraction of sp³-hybridized carbons (Fsp3) is 0.409. The second-order valence-electron chi connectivity index (χ2n) is 7.75. The highest BCUT2D eigenvalue weighted by Gasteiger charge is 2.17. The number of anilines is 1. The molecule has 3 heterocycles. The average molecular weight is 459 g/mol. The lowest BCUT2D eigenvalue weighted by atomic mass is 10.0. The van der Waals surface area contributed by atoms with Crippen molar-refractivity contribution in [3.8, 4) is 0 Å². The lowest BCUT2D eigenvalue weighted by molar-refractivity contribution is 0.102. The second-order valence-corrected chi connectivity index (χ2v) is 10.7. The smallest absolute Gasteiger partial charge is 0.257 e. The van der Waals surface area contributed by atoms with Gasteiger partial charge in [-0.1, -0.05) is 6.92 Å². The van der Waals surface area contributed by atoms with Crippen LogP contribution >= 0.6 is 34.4 Å². The Balaban J connectivity index is 1.29. The van der Waals surface area contributed by atoms with Crippen LogP contribution in [0.25, 0.3) is 0 Å². The summed E-state index contributed by atoms with van der Waals surface area (Å²) < 4.78 is 0. The molecule has 0 aliphatic carbocycles. The summed E-state index contributed by atoms with van der Waals surface area (Å²) in [6, 6.07) is 7.72. The number of hydrogen-bond donors (Lipinski definition) is 1. The largest absolute Gasteiger partial charge is 0.298 e. The average Bonchev–Trinajstić information content (AvgIpc) is 3.35. The van der Waals surface area contributed by atoms with E-state index in [0.29, 0.717) is 10.7 Å². The Bertz CT molecular complexity index is 982. The Morgan fingerprint density at radius 1 is 1.20 bits per heavy atom. The number of thioether (sulfide) groups is 1. The zero-order valence-electron chi connectivity index (χ0n) is 17.3. The molecule has 1 aromatic carbocycles. The number of nitrogens with one attached hydrogen (secondary N) is 1. The van der Waals surface area contributed by atoms with E-state index in [2.05, 4.69) is 37.9 Å². The Hall–Kier alpha value is -1.74. The molecule has 0 radical (unpaired) electrons. The molecule has 4 rings (SSSR count). The molecule has 2 aromatic heterocycles. The molecule has 1 saturated heterocycles. The van der Waals surface area contributed by atoms with E-state index in [4.69, 9.17) is 0 Å².